The molecule has 3 rings (SSSR count). The van der Waals surface area contributed by atoms with E-state index < -0.39 is 6.04 Å². The van der Waals surface area contributed by atoms with Crippen molar-refractivity contribution in [2.75, 3.05) is 4.90 Å². The van der Waals surface area contributed by atoms with Gasteiger partial charge in [0.25, 0.3) is 0 Å². The van der Waals surface area contributed by atoms with Crippen molar-refractivity contribution in [1.82, 2.24) is 5.32 Å². The van der Waals surface area contributed by atoms with E-state index in [1.165, 1.54) is 11.3 Å². The molecule has 2 aromatic rings. The van der Waals surface area contributed by atoms with Gasteiger partial charge in [-0.2, -0.15) is 0 Å². The Hall–Kier alpha value is -1.56. The lowest BCUT2D eigenvalue weighted by Crippen LogP contribution is -2.45. The van der Waals surface area contributed by atoms with Crippen LogP contribution in [0, 0.1) is 0 Å². The van der Waals surface area contributed by atoms with E-state index in [9.17, 15) is 9.59 Å². The Bertz CT molecular complexity index is 764. The molecule has 24 heavy (non-hydrogen) atoms. The molecular formula is C17H16Cl2N2O2S. The molecule has 126 valence electrons. The van der Waals surface area contributed by atoms with Crippen LogP contribution in [0.5, 0.6) is 0 Å². The summed E-state index contributed by atoms with van der Waals surface area (Å²) in [7, 11) is 0. The average molecular weight is 383 g/mol. The fourth-order valence-electron chi connectivity index (χ4n) is 2.86. The van der Waals surface area contributed by atoms with Crippen LogP contribution in [-0.4, -0.2) is 17.9 Å². The molecule has 4 nitrogen and oxygen atoms in total. The number of amides is 2. The number of hydrogen-bond acceptors (Lipinski definition) is 3. The molecule has 1 aromatic carbocycles. The van der Waals surface area contributed by atoms with E-state index in [0.29, 0.717) is 22.9 Å². The minimum absolute atomic E-state index is 0.0187. The van der Waals surface area contributed by atoms with Crippen LogP contribution < -0.4 is 10.2 Å². The van der Waals surface area contributed by atoms with Gasteiger partial charge in [0.2, 0.25) is 11.8 Å². The molecule has 7 heteroatoms. The first-order valence-corrected chi connectivity index (χ1v) is 9.22. The molecule has 2 heterocycles. The molecule has 0 bridgehead atoms. The van der Waals surface area contributed by atoms with Crippen LogP contribution in [0.1, 0.15) is 31.4 Å². The normalized spacial score (nSPS) is 18.7. The van der Waals surface area contributed by atoms with Gasteiger partial charge in [0, 0.05) is 16.5 Å². The molecule has 1 aliphatic heterocycles. The Morgan fingerprint density at radius 3 is 2.83 bits per heavy atom. The van der Waals surface area contributed by atoms with E-state index in [4.69, 9.17) is 23.2 Å². The van der Waals surface area contributed by atoms with Crippen molar-refractivity contribution in [2.45, 2.75) is 31.8 Å². The first-order chi connectivity index (χ1) is 11.5. The van der Waals surface area contributed by atoms with Gasteiger partial charge in [0.1, 0.15) is 6.04 Å². The number of benzene rings is 1. The van der Waals surface area contributed by atoms with Crippen LogP contribution in [0.3, 0.4) is 0 Å². The molecule has 1 saturated heterocycles. The summed E-state index contributed by atoms with van der Waals surface area (Å²) in [5, 5.41) is 6.71. The van der Waals surface area contributed by atoms with Crippen LogP contribution in [0.2, 0.25) is 10.0 Å². The summed E-state index contributed by atoms with van der Waals surface area (Å²) in [5.74, 6) is -0.192. The van der Waals surface area contributed by atoms with E-state index in [1.807, 2.05) is 24.4 Å². The summed E-state index contributed by atoms with van der Waals surface area (Å²) < 4.78 is 0. The van der Waals surface area contributed by atoms with Crippen molar-refractivity contribution in [3.8, 4) is 0 Å². The van der Waals surface area contributed by atoms with Gasteiger partial charge in [0.15, 0.2) is 0 Å². The van der Waals surface area contributed by atoms with E-state index in [0.717, 1.165) is 10.6 Å². The first kappa shape index (κ1) is 17.3. The monoisotopic (exact) mass is 382 g/mol. The topological polar surface area (TPSA) is 49.4 Å². The van der Waals surface area contributed by atoms with Crippen LogP contribution >= 0.6 is 34.5 Å². The fourth-order valence-corrected chi connectivity index (χ4v) is 4.22. The lowest BCUT2D eigenvalue weighted by atomic mass is 10.1. The maximum Gasteiger partial charge on any atom is 0.243 e. The second-order valence-electron chi connectivity index (χ2n) is 5.67. The Kier molecular flexibility index (Phi) is 5.13. The molecule has 0 radical (unpaired) electrons. The van der Waals surface area contributed by atoms with Crippen LogP contribution in [-0.2, 0) is 9.59 Å². The van der Waals surface area contributed by atoms with Crippen molar-refractivity contribution in [2.24, 2.45) is 0 Å². The number of thiophene rings is 1. The highest BCUT2D eigenvalue weighted by atomic mass is 35.5. The molecule has 1 unspecified atom stereocenters. The number of carbonyl (C=O) groups is 2. The molecule has 0 saturated carbocycles. The molecule has 1 N–H and O–H groups in total. The van der Waals surface area contributed by atoms with E-state index in [-0.39, 0.29) is 17.9 Å². The van der Waals surface area contributed by atoms with Crippen molar-refractivity contribution < 1.29 is 9.59 Å². The predicted molar refractivity (Wildman–Crippen MR) is 97.8 cm³/mol. The summed E-state index contributed by atoms with van der Waals surface area (Å²) in [6, 6.07) is 8.16. The maximum atomic E-state index is 12.7. The van der Waals surface area contributed by atoms with Crippen LogP contribution in [0.15, 0.2) is 35.7 Å². The number of nitrogens with zero attached hydrogens (tertiary/aromatic N) is 1. The molecule has 1 fully saturated rings. The number of rotatable bonds is 4. The third-order valence-electron chi connectivity index (χ3n) is 4.05. The summed E-state index contributed by atoms with van der Waals surface area (Å²) >= 11 is 13.6. The Morgan fingerprint density at radius 1 is 1.38 bits per heavy atom. The van der Waals surface area contributed by atoms with Crippen molar-refractivity contribution in [3.63, 3.8) is 0 Å². The third kappa shape index (κ3) is 3.43. The smallest absolute Gasteiger partial charge is 0.243 e. The highest BCUT2D eigenvalue weighted by Crippen LogP contribution is 2.31. The van der Waals surface area contributed by atoms with Gasteiger partial charge in [-0.05, 0) is 48.6 Å². The number of nitrogens with one attached hydrogen (secondary N) is 1. The lowest BCUT2D eigenvalue weighted by molar-refractivity contribution is -0.124. The molecule has 2 amide bonds. The average Bonchev–Trinajstić information content (AvgIpc) is 3.15. The Morgan fingerprint density at radius 2 is 2.17 bits per heavy atom. The number of halogens is 2. The minimum Gasteiger partial charge on any atom is -0.348 e. The van der Waals surface area contributed by atoms with E-state index in [1.54, 1.807) is 23.1 Å². The van der Waals surface area contributed by atoms with Gasteiger partial charge in [-0.3, -0.25) is 14.5 Å². The van der Waals surface area contributed by atoms with E-state index >= 15 is 0 Å². The molecule has 1 aromatic heterocycles. The second-order valence-corrected chi connectivity index (χ2v) is 7.44. The summed E-state index contributed by atoms with van der Waals surface area (Å²) in [6.07, 6.45) is 0.899. The number of anilines is 1. The zero-order valence-corrected chi connectivity index (χ0v) is 15.3. The summed E-state index contributed by atoms with van der Waals surface area (Å²) in [4.78, 5) is 26.4. The van der Waals surface area contributed by atoms with E-state index in [2.05, 4.69) is 5.32 Å². The SMILES string of the molecule is CC(NC(=O)[C@@H]1CCC(=O)N1c1cccs1)c1ccc(Cl)cc1Cl. The molecule has 1 aliphatic rings. The second kappa shape index (κ2) is 7.13. The Balaban J connectivity index is 1.75. The molecule has 2 atom stereocenters. The van der Waals surface area contributed by atoms with Gasteiger partial charge in [-0.15, -0.1) is 11.3 Å². The van der Waals surface area contributed by atoms with Gasteiger partial charge < -0.3 is 5.32 Å². The van der Waals surface area contributed by atoms with Crippen LogP contribution in [0.4, 0.5) is 5.00 Å². The zero-order valence-electron chi connectivity index (χ0n) is 13.0. The number of carbonyl (C=O) groups excluding carboxylic acids is 2. The van der Waals surface area contributed by atoms with Gasteiger partial charge in [0.05, 0.1) is 11.0 Å². The summed E-state index contributed by atoms with van der Waals surface area (Å²) in [5.41, 5.74) is 0.793. The highest BCUT2D eigenvalue weighted by Gasteiger charge is 2.38. The molecular weight excluding hydrogens is 367 g/mol. The highest BCUT2D eigenvalue weighted by molar-refractivity contribution is 7.14. The van der Waals surface area contributed by atoms with Crippen molar-refractivity contribution >= 4 is 51.4 Å². The lowest BCUT2D eigenvalue weighted by Gasteiger charge is -2.25. The van der Waals surface area contributed by atoms with Crippen LogP contribution in [0.25, 0.3) is 0 Å². The van der Waals surface area contributed by atoms with Crippen molar-refractivity contribution in [1.29, 1.82) is 0 Å². The molecule has 0 spiro atoms. The first-order valence-electron chi connectivity index (χ1n) is 7.58. The van der Waals surface area contributed by atoms with Gasteiger partial charge >= 0.3 is 0 Å². The van der Waals surface area contributed by atoms with Gasteiger partial charge in [-0.1, -0.05) is 29.3 Å². The fraction of sp³-hybridized carbons (Fsp3) is 0.294. The third-order valence-corrected chi connectivity index (χ3v) is 5.48. The predicted octanol–water partition coefficient (Wildman–Crippen LogP) is 4.43. The largest absolute Gasteiger partial charge is 0.348 e. The molecule has 0 aliphatic carbocycles. The van der Waals surface area contributed by atoms with Crippen molar-refractivity contribution in [3.05, 3.63) is 51.3 Å². The maximum absolute atomic E-state index is 12.7. The Labute approximate surface area is 154 Å². The standard InChI is InChI=1S/C17H16Cl2N2O2S/c1-10(12-5-4-11(18)9-13(12)19)20-17(23)14-6-7-15(22)21(14)16-3-2-8-24-16/h2-5,8-10,14H,6-7H2,1H3,(H,20,23)/t10?,14-/m0/s1. The van der Waals surface area contributed by atoms with Gasteiger partial charge in [-0.25, -0.2) is 0 Å². The summed E-state index contributed by atoms with van der Waals surface area (Å²) in [6.45, 7) is 1.86. The quantitative estimate of drug-likeness (QED) is 0.849. The minimum atomic E-state index is -0.482. The number of hydrogen-bond donors (Lipinski definition) is 1. The zero-order chi connectivity index (χ0) is 17.3.